The molecule has 0 unspecified atom stereocenters. The van der Waals surface area contributed by atoms with Gasteiger partial charge in [-0.25, -0.2) is 4.57 Å². The molecule has 0 saturated carbocycles. The van der Waals surface area contributed by atoms with E-state index in [1.165, 1.54) is 154 Å². The van der Waals surface area contributed by atoms with Gasteiger partial charge in [-0.1, -0.05) is 321 Å². The van der Waals surface area contributed by atoms with Crippen LogP contribution in [0.5, 0.6) is 11.5 Å². The van der Waals surface area contributed by atoms with Gasteiger partial charge in [0.1, 0.15) is 42.0 Å². The van der Waals surface area contributed by atoms with E-state index in [9.17, 15) is 14.7 Å². The highest BCUT2D eigenvalue weighted by atomic mass is 31.2. The Morgan fingerprint density at radius 2 is 0.781 bits per heavy atom. The second-order valence-electron chi connectivity index (χ2n) is 27.5. The van der Waals surface area contributed by atoms with Crippen molar-refractivity contribution in [2.45, 2.75) is 399 Å². The van der Waals surface area contributed by atoms with Crippen molar-refractivity contribution in [3.05, 3.63) is 60.7 Å². The number of hydrogen-bond acceptors (Lipinski definition) is 14. The highest BCUT2D eigenvalue weighted by Gasteiger charge is 2.54. The van der Waals surface area contributed by atoms with Crippen molar-refractivity contribution in [2.24, 2.45) is 0 Å². The summed E-state index contributed by atoms with van der Waals surface area (Å²) in [6, 6.07) is 15.4. The molecule has 1 saturated heterocycles. The first-order chi connectivity index (χ1) is 47.0. The zero-order valence-corrected chi connectivity index (χ0v) is 62.2. The summed E-state index contributed by atoms with van der Waals surface area (Å²) in [5, 5.41) is 14.4. The summed E-state index contributed by atoms with van der Waals surface area (Å²) in [5.41, 5.74) is 0. The molecule has 0 bridgehead atoms. The average molecular weight is 1370 g/mol. The van der Waals surface area contributed by atoms with E-state index in [-0.39, 0.29) is 55.7 Å². The van der Waals surface area contributed by atoms with Gasteiger partial charge < -0.3 is 43.2 Å². The van der Waals surface area contributed by atoms with Crippen molar-refractivity contribution in [2.75, 3.05) is 13.2 Å². The molecule has 1 amide bonds. The third kappa shape index (κ3) is 43.5. The van der Waals surface area contributed by atoms with Crippen LogP contribution in [0.1, 0.15) is 356 Å². The lowest BCUT2D eigenvalue weighted by molar-refractivity contribution is -0.271. The number of para-hydroxylation sites is 2. The molecule has 2 aromatic rings. The zero-order valence-electron chi connectivity index (χ0n) is 61.3. The Morgan fingerprint density at radius 1 is 0.438 bits per heavy atom. The minimum Gasteiger partial charge on any atom is -0.462 e. The van der Waals surface area contributed by atoms with Crippen molar-refractivity contribution in [1.29, 1.82) is 0 Å². The first-order valence-electron chi connectivity index (χ1n) is 39.5. The van der Waals surface area contributed by atoms with Crippen LogP contribution >= 0.6 is 7.82 Å². The van der Waals surface area contributed by atoms with E-state index in [0.717, 1.165) is 109 Å². The fourth-order valence-corrected chi connectivity index (χ4v) is 14.2. The number of benzene rings is 2. The monoisotopic (exact) mass is 1370 g/mol. The molecule has 16 heteroatoms. The van der Waals surface area contributed by atoms with Gasteiger partial charge in [-0.05, 0) is 69.2 Å². The van der Waals surface area contributed by atoms with Gasteiger partial charge in [-0.3, -0.25) is 23.7 Å². The first-order valence-corrected chi connectivity index (χ1v) is 41.0. The zero-order chi connectivity index (χ0) is 69.2. The molecule has 7 atom stereocenters. The van der Waals surface area contributed by atoms with Crippen LogP contribution in [0, 0.1) is 0 Å². The number of aliphatic hydroxyl groups is 1. The van der Waals surface area contributed by atoms with Crippen molar-refractivity contribution < 1.29 is 66.1 Å². The molecule has 1 aliphatic heterocycles. The van der Waals surface area contributed by atoms with Gasteiger partial charge in [0.25, 0.3) is 0 Å². The summed E-state index contributed by atoms with van der Waals surface area (Å²) in [6.45, 7) is 10.5. The number of aliphatic hydroxyl groups excluding tert-OH is 1. The molecule has 96 heavy (non-hydrogen) atoms. The SMILES string of the molecule is CCCCCCCCCCCCCC(=O)O[C@H](CCCCCCCCCCC)CC(=O)N[C@H]1[C@H](OCCCCCC)O[C@H](CO)[C@@H](OP(=O)(Oc2ccccc2)Oc2ccccc2)[C@@H]1OC(=O)C[C@@H](CCCCCCCCCCC)OC(=O)CCCCCCCCCCCCC. The summed E-state index contributed by atoms with van der Waals surface area (Å²) < 4.78 is 66.4. The maximum atomic E-state index is 15.5. The second-order valence-corrected chi connectivity index (χ2v) is 28.9. The van der Waals surface area contributed by atoms with E-state index in [2.05, 4.69) is 39.9 Å². The summed E-state index contributed by atoms with van der Waals surface area (Å²) in [4.78, 5) is 57.6. The average Bonchev–Trinajstić information content (AvgIpc) is 0.777. The van der Waals surface area contributed by atoms with E-state index in [1.807, 2.05) is 0 Å². The number of amides is 1. The van der Waals surface area contributed by atoms with Crippen LogP contribution in [-0.2, 0) is 52.0 Å². The fourth-order valence-electron chi connectivity index (χ4n) is 12.7. The predicted octanol–water partition coefficient (Wildman–Crippen LogP) is 22.2. The highest BCUT2D eigenvalue weighted by Crippen LogP contribution is 2.52. The van der Waals surface area contributed by atoms with Gasteiger partial charge in [-0.15, -0.1) is 0 Å². The van der Waals surface area contributed by atoms with Crippen LogP contribution in [-0.4, -0.2) is 85.0 Å². The van der Waals surface area contributed by atoms with Crippen LogP contribution in [0.2, 0.25) is 0 Å². The molecule has 0 aliphatic carbocycles. The minimum atomic E-state index is -4.84. The predicted molar refractivity (Wildman–Crippen MR) is 389 cm³/mol. The molecule has 1 aliphatic rings. The Kier molecular flexibility index (Phi) is 52.8. The number of hydrogen-bond donors (Lipinski definition) is 2. The van der Waals surface area contributed by atoms with Gasteiger partial charge in [0.05, 0.1) is 19.4 Å². The summed E-state index contributed by atoms with van der Waals surface area (Å²) in [7, 11) is -4.84. The molecular formula is C80H138NO14P. The fraction of sp³-hybridized carbons (Fsp3) is 0.800. The number of ether oxygens (including phenoxy) is 5. The number of carbonyl (C=O) groups excluding carboxylic acids is 4. The van der Waals surface area contributed by atoms with Crippen LogP contribution in [0.15, 0.2) is 60.7 Å². The van der Waals surface area contributed by atoms with E-state index < -0.39 is 69.2 Å². The Balaban J connectivity index is 2.02. The number of phosphoric acid groups is 1. The van der Waals surface area contributed by atoms with Crippen LogP contribution < -0.4 is 14.4 Å². The third-order valence-corrected chi connectivity index (χ3v) is 19.9. The molecule has 1 heterocycles. The Labute approximate surface area is 584 Å². The standard InChI is InChI=1S/C80H138NO14P/c1-6-11-16-21-25-29-31-35-39-43-53-62-74(84)89-70(60-47-41-37-33-27-23-18-13-8-3)65-73(83)81-77-79(92-76(86)66-71(61-48-42-38-34-28-24-19-14-9-4)90-75(85)63-54-44-40-36-32-30-26-22-17-12-7-2)78(72(67-82)91-80(77)88-64-55-20-15-10-5)95-96(87,93-68-56-49-45-50-57-68)94-69-58-51-46-52-59-69/h45-46,49-52,56-59,70-72,77-80,82H,6-44,47-48,53-55,60-67H2,1-5H3,(H,81,83)/t70-,71-,72-,77-,78-,79-,80-/m1/s1. The summed E-state index contributed by atoms with van der Waals surface area (Å²) in [5.74, 6) is -1.74. The van der Waals surface area contributed by atoms with E-state index >= 15 is 14.2 Å². The maximum absolute atomic E-state index is 15.5. The Morgan fingerprint density at radius 3 is 1.16 bits per heavy atom. The maximum Gasteiger partial charge on any atom is 0.588 e. The largest absolute Gasteiger partial charge is 0.588 e. The van der Waals surface area contributed by atoms with Crippen LogP contribution in [0.25, 0.3) is 0 Å². The number of esters is 3. The molecular weight excluding hydrogens is 1230 g/mol. The Hall–Kier alpha value is -4.01. The van der Waals surface area contributed by atoms with Gasteiger partial charge in [0, 0.05) is 19.4 Å². The first kappa shape index (κ1) is 86.2. The molecule has 552 valence electrons. The Bertz CT molecular complexity index is 2180. The third-order valence-electron chi connectivity index (χ3n) is 18.5. The highest BCUT2D eigenvalue weighted by molar-refractivity contribution is 7.49. The number of unbranched alkanes of at least 4 members (excludes halogenated alkanes) is 39. The van der Waals surface area contributed by atoms with Crippen molar-refractivity contribution >= 4 is 31.6 Å². The molecule has 15 nitrogen and oxygen atoms in total. The smallest absolute Gasteiger partial charge is 0.462 e. The molecule has 3 rings (SSSR count). The number of nitrogens with one attached hydrogen (secondary N) is 1. The minimum absolute atomic E-state index is 0.145. The topological polar surface area (TPSA) is 191 Å². The second kappa shape index (κ2) is 58.8. The molecule has 0 spiro atoms. The lowest BCUT2D eigenvalue weighted by atomic mass is 9.95. The summed E-state index contributed by atoms with van der Waals surface area (Å²) in [6.07, 6.45) is 41.8. The van der Waals surface area contributed by atoms with Crippen LogP contribution in [0.3, 0.4) is 0 Å². The molecule has 0 aromatic heterocycles. The van der Waals surface area contributed by atoms with Crippen molar-refractivity contribution in [3.63, 3.8) is 0 Å². The van der Waals surface area contributed by atoms with Gasteiger partial charge in [0.15, 0.2) is 12.4 Å². The molecule has 0 radical (unpaired) electrons. The van der Waals surface area contributed by atoms with E-state index in [4.69, 9.17) is 37.3 Å². The normalized spacial score (nSPS) is 17.0. The van der Waals surface area contributed by atoms with E-state index in [1.54, 1.807) is 60.7 Å². The molecule has 1 fully saturated rings. The number of phosphoric ester groups is 1. The number of rotatable bonds is 65. The van der Waals surface area contributed by atoms with Gasteiger partial charge in [-0.2, -0.15) is 0 Å². The van der Waals surface area contributed by atoms with Gasteiger partial charge >= 0.3 is 25.7 Å². The van der Waals surface area contributed by atoms with Crippen LogP contribution in [0.4, 0.5) is 0 Å². The molecule has 2 N–H and O–H groups in total. The van der Waals surface area contributed by atoms with Gasteiger partial charge in [0.2, 0.25) is 5.91 Å². The lowest BCUT2D eigenvalue weighted by Crippen LogP contribution is -2.66. The van der Waals surface area contributed by atoms with Crippen molar-refractivity contribution in [1.82, 2.24) is 5.32 Å². The molecule has 2 aromatic carbocycles. The quantitative estimate of drug-likeness (QED) is 0.0275. The summed E-state index contributed by atoms with van der Waals surface area (Å²) >= 11 is 0. The van der Waals surface area contributed by atoms with Crippen molar-refractivity contribution in [3.8, 4) is 11.5 Å². The van der Waals surface area contributed by atoms with E-state index in [0.29, 0.717) is 32.1 Å². The lowest BCUT2D eigenvalue weighted by Gasteiger charge is -2.45. The number of carbonyl (C=O) groups is 4.